The molecule has 2 rings (SSSR count). The zero-order valence-electron chi connectivity index (χ0n) is 11.1. The minimum Gasteiger partial charge on any atom is -0.409 e. The van der Waals surface area contributed by atoms with E-state index in [1.54, 1.807) is 11.9 Å². The van der Waals surface area contributed by atoms with Crippen molar-refractivity contribution in [3.63, 3.8) is 0 Å². The molecule has 0 bridgehead atoms. The minimum atomic E-state index is -0.820. The number of oxime groups is 1. The van der Waals surface area contributed by atoms with Crippen LogP contribution in [0.3, 0.4) is 0 Å². The molecule has 7 heteroatoms. The highest BCUT2D eigenvalue weighted by molar-refractivity contribution is 6.09. The van der Waals surface area contributed by atoms with Gasteiger partial charge in [-0.3, -0.25) is 9.59 Å². The Hall–Kier alpha value is -1.79. The molecule has 0 radical (unpaired) electrons. The molecule has 1 unspecified atom stereocenters. The maximum atomic E-state index is 12.5. The number of likely N-dealkylation sites (tertiary alicyclic amines) is 1. The van der Waals surface area contributed by atoms with Gasteiger partial charge in [-0.25, -0.2) is 0 Å². The zero-order valence-corrected chi connectivity index (χ0v) is 11.1. The van der Waals surface area contributed by atoms with E-state index in [-0.39, 0.29) is 23.6 Å². The number of carbonyl (C=O) groups is 2. The molecule has 2 fully saturated rings. The molecule has 106 valence electrons. The molecule has 1 heterocycles. The van der Waals surface area contributed by atoms with E-state index in [4.69, 9.17) is 10.9 Å². The summed E-state index contributed by atoms with van der Waals surface area (Å²) in [6.45, 7) is 1.05. The summed E-state index contributed by atoms with van der Waals surface area (Å²) in [4.78, 5) is 25.8. The van der Waals surface area contributed by atoms with Gasteiger partial charge in [0.25, 0.3) is 0 Å². The Morgan fingerprint density at radius 3 is 2.68 bits per heavy atom. The van der Waals surface area contributed by atoms with Gasteiger partial charge < -0.3 is 21.2 Å². The van der Waals surface area contributed by atoms with E-state index in [1.807, 2.05) is 0 Å². The Balaban J connectivity index is 2.06. The summed E-state index contributed by atoms with van der Waals surface area (Å²) in [5.41, 5.74) is 4.79. The molecule has 1 atom stereocenters. The van der Waals surface area contributed by atoms with Crippen molar-refractivity contribution in [2.75, 3.05) is 20.1 Å². The quantitative estimate of drug-likeness (QED) is 0.277. The summed E-state index contributed by atoms with van der Waals surface area (Å²) in [5, 5.41) is 14.4. The molecule has 0 aromatic carbocycles. The van der Waals surface area contributed by atoms with Crippen molar-refractivity contribution in [2.24, 2.45) is 22.2 Å². The molecule has 2 amide bonds. The molecule has 1 aliphatic heterocycles. The highest BCUT2D eigenvalue weighted by atomic mass is 16.4. The molecular formula is C12H20N4O3. The maximum Gasteiger partial charge on any atom is 0.236 e. The monoisotopic (exact) mass is 268 g/mol. The van der Waals surface area contributed by atoms with E-state index >= 15 is 0 Å². The van der Waals surface area contributed by atoms with Gasteiger partial charge in [0, 0.05) is 20.1 Å². The van der Waals surface area contributed by atoms with E-state index in [2.05, 4.69) is 10.5 Å². The molecule has 1 saturated carbocycles. The largest absolute Gasteiger partial charge is 0.409 e. The van der Waals surface area contributed by atoms with Gasteiger partial charge >= 0.3 is 0 Å². The van der Waals surface area contributed by atoms with Crippen molar-refractivity contribution >= 4 is 17.6 Å². The van der Waals surface area contributed by atoms with Crippen molar-refractivity contribution in [1.82, 2.24) is 10.2 Å². The normalized spacial score (nSPS) is 25.8. The van der Waals surface area contributed by atoms with Gasteiger partial charge in [0.1, 0.15) is 5.41 Å². The fourth-order valence-corrected chi connectivity index (χ4v) is 2.68. The van der Waals surface area contributed by atoms with Gasteiger partial charge in [0.05, 0.1) is 5.92 Å². The summed E-state index contributed by atoms with van der Waals surface area (Å²) >= 11 is 0. The van der Waals surface area contributed by atoms with Crippen LogP contribution in [0, 0.1) is 11.3 Å². The van der Waals surface area contributed by atoms with Crippen LogP contribution in [0.5, 0.6) is 0 Å². The first-order chi connectivity index (χ1) is 9.05. The first kappa shape index (κ1) is 13.6. The fraction of sp³-hybridized carbons (Fsp3) is 0.750. The molecule has 19 heavy (non-hydrogen) atoms. The van der Waals surface area contributed by atoms with Gasteiger partial charge in [0.15, 0.2) is 5.84 Å². The third kappa shape index (κ3) is 2.36. The van der Waals surface area contributed by atoms with Crippen molar-refractivity contribution in [2.45, 2.75) is 25.7 Å². The number of amides is 2. The number of hydrogen-bond donors (Lipinski definition) is 3. The van der Waals surface area contributed by atoms with Crippen LogP contribution in [0.4, 0.5) is 0 Å². The van der Waals surface area contributed by atoms with E-state index in [9.17, 15) is 9.59 Å². The van der Waals surface area contributed by atoms with Gasteiger partial charge in [-0.05, 0) is 25.7 Å². The van der Waals surface area contributed by atoms with Gasteiger partial charge in [0.2, 0.25) is 11.8 Å². The lowest BCUT2D eigenvalue weighted by Gasteiger charge is -2.34. The summed E-state index contributed by atoms with van der Waals surface area (Å²) in [6, 6.07) is 0. The van der Waals surface area contributed by atoms with Gasteiger partial charge in [-0.15, -0.1) is 0 Å². The molecule has 7 nitrogen and oxygen atoms in total. The summed E-state index contributed by atoms with van der Waals surface area (Å²) < 4.78 is 0. The van der Waals surface area contributed by atoms with Crippen LogP contribution in [0.1, 0.15) is 25.7 Å². The third-order valence-corrected chi connectivity index (χ3v) is 4.08. The number of nitrogens with two attached hydrogens (primary N) is 1. The lowest BCUT2D eigenvalue weighted by Crippen LogP contribution is -2.50. The molecule has 0 aromatic rings. The first-order valence-electron chi connectivity index (χ1n) is 6.54. The second-order valence-corrected chi connectivity index (χ2v) is 5.27. The van der Waals surface area contributed by atoms with E-state index < -0.39 is 5.41 Å². The molecule has 0 spiro atoms. The Kier molecular flexibility index (Phi) is 3.64. The van der Waals surface area contributed by atoms with Gasteiger partial charge in [-0.2, -0.15) is 0 Å². The minimum absolute atomic E-state index is 0.0143. The second-order valence-electron chi connectivity index (χ2n) is 5.27. The molecule has 0 aromatic heterocycles. The Morgan fingerprint density at radius 1 is 1.47 bits per heavy atom. The summed E-state index contributed by atoms with van der Waals surface area (Å²) in [6.07, 6.45) is 2.82. The second kappa shape index (κ2) is 5.07. The maximum absolute atomic E-state index is 12.5. The predicted octanol–water partition coefficient (Wildman–Crippen LogP) is -0.502. The number of nitrogens with zero attached hydrogens (tertiary/aromatic N) is 2. The summed E-state index contributed by atoms with van der Waals surface area (Å²) in [5.74, 6) is -0.326. The van der Waals surface area contributed by atoms with Crippen molar-refractivity contribution in [1.29, 1.82) is 0 Å². The average molecular weight is 268 g/mol. The molecule has 1 aliphatic carbocycles. The topological polar surface area (TPSA) is 108 Å². The number of rotatable bonds is 3. The standard InChI is InChI=1S/C12H20N4O3/c1-14-9(17)8-3-2-6-16(7-8)11(18)12(4-5-12)10(13)15-19/h8,19H,2-7H2,1H3,(H2,13,15)(H,14,17). The van der Waals surface area contributed by atoms with Crippen LogP contribution >= 0.6 is 0 Å². The van der Waals surface area contributed by atoms with Crippen LogP contribution < -0.4 is 11.1 Å². The van der Waals surface area contributed by atoms with Crippen LogP contribution in [0.2, 0.25) is 0 Å². The Bertz CT molecular complexity index is 417. The van der Waals surface area contributed by atoms with Crippen LogP contribution in [-0.2, 0) is 9.59 Å². The highest BCUT2D eigenvalue weighted by Crippen LogP contribution is 2.47. The van der Waals surface area contributed by atoms with Crippen molar-refractivity contribution in [3.8, 4) is 0 Å². The van der Waals surface area contributed by atoms with Crippen LogP contribution in [-0.4, -0.2) is 47.9 Å². The molecule has 2 aliphatic rings. The third-order valence-electron chi connectivity index (χ3n) is 4.08. The molecular weight excluding hydrogens is 248 g/mol. The number of amidine groups is 1. The number of carbonyl (C=O) groups excluding carboxylic acids is 2. The number of hydrogen-bond acceptors (Lipinski definition) is 4. The lowest BCUT2D eigenvalue weighted by molar-refractivity contribution is -0.138. The first-order valence-corrected chi connectivity index (χ1v) is 6.54. The van der Waals surface area contributed by atoms with Crippen LogP contribution in [0.15, 0.2) is 5.16 Å². The number of nitrogens with one attached hydrogen (secondary N) is 1. The number of piperidine rings is 1. The van der Waals surface area contributed by atoms with Crippen molar-refractivity contribution < 1.29 is 14.8 Å². The smallest absolute Gasteiger partial charge is 0.236 e. The average Bonchev–Trinajstić information content (AvgIpc) is 3.26. The highest BCUT2D eigenvalue weighted by Gasteiger charge is 2.56. The SMILES string of the molecule is CNC(=O)C1CCCN(C(=O)C2(C(N)=NO)CC2)C1. The molecule has 4 N–H and O–H groups in total. The van der Waals surface area contributed by atoms with E-state index in [1.165, 1.54) is 0 Å². The van der Waals surface area contributed by atoms with E-state index in [0.717, 1.165) is 12.8 Å². The van der Waals surface area contributed by atoms with E-state index in [0.29, 0.717) is 25.9 Å². The van der Waals surface area contributed by atoms with Crippen molar-refractivity contribution in [3.05, 3.63) is 0 Å². The lowest BCUT2D eigenvalue weighted by atomic mass is 9.94. The van der Waals surface area contributed by atoms with Gasteiger partial charge in [-0.1, -0.05) is 5.16 Å². The molecule has 1 saturated heterocycles. The van der Waals surface area contributed by atoms with Crippen LogP contribution in [0.25, 0.3) is 0 Å². The summed E-state index contributed by atoms with van der Waals surface area (Å²) in [7, 11) is 1.60. The fourth-order valence-electron chi connectivity index (χ4n) is 2.68. The Morgan fingerprint density at radius 2 is 2.16 bits per heavy atom. The predicted molar refractivity (Wildman–Crippen MR) is 68.4 cm³/mol. The Labute approximate surface area is 111 Å². The zero-order chi connectivity index (χ0) is 14.0.